The Balaban J connectivity index is 2.62. The van der Waals surface area contributed by atoms with Gasteiger partial charge < -0.3 is 4.74 Å². The predicted octanol–water partition coefficient (Wildman–Crippen LogP) is 4.27. The lowest BCUT2D eigenvalue weighted by atomic mass is 10.1. The maximum Gasteiger partial charge on any atom is 0.304 e. The highest BCUT2D eigenvalue weighted by atomic mass is 19.3. The molecule has 1 aromatic carbocycles. The average molecular weight is 256 g/mol. The Morgan fingerprint density at radius 3 is 2.44 bits per heavy atom. The molecule has 1 atom stereocenters. The van der Waals surface area contributed by atoms with Gasteiger partial charge in [0.15, 0.2) is 5.83 Å². The van der Waals surface area contributed by atoms with Gasteiger partial charge >= 0.3 is 6.08 Å². The molecule has 98 valence electrons. The molecule has 0 saturated carbocycles. The van der Waals surface area contributed by atoms with Gasteiger partial charge in [-0.3, -0.25) is 0 Å². The van der Waals surface area contributed by atoms with Crippen LogP contribution >= 0.6 is 0 Å². The van der Waals surface area contributed by atoms with Crippen molar-refractivity contribution < 1.29 is 17.9 Å². The zero-order chi connectivity index (χ0) is 13.4. The standard InChI is InChI=1S/C14H15F3O/c1-2-10-18-12(13(15)14(16)17)9-8-11-6-4-3-5-7-11/h2-7,12H,1,8-10H2. The molecule has 0 amide bonds. The highest BCUT2D eigenvalue weighted by Crippen LogP contribution is 2.20. The van der Waals surface area contributed by atoms with Crippen LogP contribution in [0.5, 0.6) is 0 Å². The number of aryl methyl sites for hydroxylation is 1. The second kappa shape index (κ2) is 7.71. The lowest BCUT2D eigenvalue weighted by Gasteiger charge is -2.14. The number of rotatable bonds is 7. The van der Waals surface area contributed by atoms with E-state index in [1.807, 2.05) is 30.3 Å². The van der Waals surface area contributed by atoms with E-state index < -0.39 is 18.0 Å². The summed E-state index contributed by atoms with van der Waals surface area (Å²) in [5.41, 5.74) is 0.955. The molecule has 4 heteroatoms. The normalized spacial score (nSPS) is 11.9. The van der Waals surface area contributed by atoms with Crippen LogP contribution in [0.4, 0.5) is 13.2 Å². The van der Waals surface area contributed by atoms with Gasteiger partial charge in [-0.25, -0.2) is 4.39 Å². The number of hydrogen-bond donors (Lipinski definition) is 0. The molecule has 0 radical (unpaired) electrons. The van der Waals surface area contributed by atoms with E-state index in [2.05, 4.69) is 6.58 Å². The molecule has 0 fully saturated rings. The third-order valence-electron chi connectivity index (χ3n) is 2.42. The molecule has 0 aliphatic carbocycles. The van der Waals surface area contributed by atoms with Crippen LogP contribution in [0, 0.1) is 0 Å². The topological polar surface area (TPSA) is 9.23 Å². The Bertz CT molecular complexity index is 397. The van der Waals surface area contributed by atoms with Crippen molar-refractivity contribution >= 4 is 0 Å². The monoisotopic (exact) mass is 256 g/mol. The van der Waals surface area contributed by atoms with Crippen molar-refractivity contribution in [1.29, 1.82) is 0 Å². The van der Waals surface area contributed by atoms with Gasteiger partial charge in [0.05, 0.1) is 6.61 Å². The van der Waals surface area contributed by atoms with Crippen molar-refractivity contribution in [2.45, 2.75) is 18.9 Å². The summed E-state index contributed by atoms with van der Waals surface area (Å²) in [5.74, 6) is -1.49. The highest BCUT2D eigenvalue weighted by Gasteiger charge is 2.19. The number of hydrogen-bond acceptors (Lipinski definition) is 1. The second-order valence-corrected chi connectivity index (χ2v) is 3.74. The van der Waals surface area contributed by atoms with Crippen molar-refractivity contribution in [3.63, 3.8) is 0 Å². The van der Waals surface area contributed by atoms with Crippen LogP contribution < -0.4 is 0 Å². The predicted molar refractivity (Wildman–Crippen MR) is 65.1 cm³/mol. The molecule has 0 heterocycles. The number of benzene rings is 1. The van der Waals surface area contributed by atoms with Gasteiger partial charge in [-0.05, 0) is 18.4 Å². The summed E-state index contributed by atoms with van der Waals surface area (Å²) in [6, 6.07) is 9.26. The summed E-state index contributed by atoms with van der Waals surface area (Å²) in [6.45, 7) is 3.45. The molecule has 0 N–H and O–H groups in total. The Hall–Kier alpha value is -1.55. The van der Waals surface area contributed by atoms with Crippen LogP contribution in [0.15, 0.2) is 54.9 Å². The summed E-state index contributed by atoms with van der Waals surface area (Å²) in [4.78, 5) is 0. The molecule has 0 aromatic heterocycles. The third kappa shape index (κ3) is 4.75. The van der Waals surface area contributed by atoms with Crippen molar-refractivity contribution in [3.8, 4) is 0 Å². The van der Waals surface area contributed by atoms with Gasteiger partial charge in [0.25, 0.3) is 0 Å². The first-order valence-corrected chi connectivity index (χ1v) is 5.62. The van der Waals surface area contributed by atoms with Crippen LogP contribution in [0.25, 0.3) is 0 Å². The lowest BCUT2D eigenvalue weighted by molar-refractivity contribution is 0.0713. The summed E-state index contributed by atoms with van der Waals surface area (Å²) in [6.07, 6.45) is -1.49. The average Bonchev–Trinajstić information content (AvgIpc) is 2.39. The maximum atomic E-state index is 13.2. The summed E-state index contributed by atoms with van der Waals surface area (Å²) in [7, 11) is 0. The van der Waals surface area contributed by atoms with Crippen LogP contribution in [-0.4, -0.2) is 12.7 Å². The molecule has 0 bridgehead atoms. The number of halogens is 3. The van der Waals surface area contributed by atoms with Crippen LogP contribution in [-0.2, 0) is 11.2 Å². The van der Waals surface area contributed by atoms with Gasteiger partial charge in [-0.15, -0.1) is 6.58 Å². The van der Waals surface area contributed by atoms with Crippen molar-refractivity contribution in [2.24, 2.45) is 0 Å². The van der Waals surface area contributed by atoms with E-state index in [0.717, 1.165) is 5.56 Å². The van der Waals surface area contributed by atoms with Crippen LogP contribution in [0.2, 0.25) is 0 Å². The van der Waals surface area contributed by atoms with Gasteiger partial charge in [-0.2, -0.15) is 8.78 Å². The summed E-state index contributed by atoms with van der Waals surface area (Å²) < 4.78 is 42.7. The lowest BCUT2D eigenvalue weighted by Crippen LogP contribution is -2.15. The van der Waals surface area contributed by atoms with Crippen LogP contribution in [0.1, 0.15) is 12.0 Å². The first-order valence-electron chi connectivity index (χ1n) is 5.62. The Morgan fingerprint density at radius 2 is 1.89 bits per heavy atom. The van der Waals surface area contributed by atoms with Gasteiger partial charge in [0.1, 0.15) is 6.10 Å². The van der Waals surface area contributed by atoms with Gasteiger partial charge in [-0.1, -0.05) is 36.4 Å². The summed E-state index contributed by atoms with van der Waals surface area (Å²) >= 11 is 0. The zero-order valence-corrected chi connectivity index (χ0v) is 9.91. The molecule has 1 unspecified atom stereocenters. The van der Waals surface area contributed by atoms with E-state index in [4.69, 9.17) is 4.74 Å². The first-order chi connectivity index (χ1) is 8.65. The molecule has 1 aromatic rings. The molecule has 0 aliphatic heterocycles. The molecular weight excluding hydrogens is 241 g/mol. The van der Waals surface area contributed by atoms with Crippen LogP contribution in [0.3, 0.4) is 0 Å². The highest BCUT2D eigenvalue weighted by molar-refractivity contribution is 5.15. The fourth-order valence-corrected chi connectivity index (χ4v) is 1.53. The van der Waals surface area contributed by atoms with Crippen molar-refractivity contribution in [2.75, 3.05) is 6.61 Å². The minimum atomic E-state index is -2.32. The smallest absolute Gasteiger partial charge is 0.304 e. The van der Waals surface area contributed by atoms with E-state index >= 15 is 0 Å². The van der Waals surface area contributed by atoms with Crippen molar-refractivity contribution in [1.82, 2.24) is 0 Å². The fraction of sp³-hybridized carbons (Fsp3) is 0.286. The molecular formula is C14H15F3O. The molecule has 0 spiro atoms. The van der Waals surface area contributed by atoms with E-state index in [1.54, 1.807) is 0 Å². The van der Waals surface area contributed by atoms with E-state index in [9.17, 15) is 13.2 Å². The van der Waals surface area contributed by atoms with E-state index in [0.29, 0.717) is 6.42 Å². The first kappa shape index (κ1) is 14.5. The Kier molecular flexibility index (Phi) is 6.22. The minimum absolute atomic E-state index is 0.0418. The molecule has 18 heavy (non-hydrogen) atoms. The molecule has 0 aliphatic rings. The van der Waals surface area contributed by atoms with Gasteiger partial charge in [0, 0.05) is 0 Å². The van der Waals surface area contributed by atoms with Crippen molar-refractivity contribution in [3.05, 3.63) is 60.5 Å². The second-order valence-electron chi connectivity index (χ2n) is 3.74. The third-order valence-corrected chi connectivity index (χ3v) is 2.42. The zero-order valence-electron chi connectivity index (χ0n) is 9.91. The molecule has 0 saturated heterocycles. The Morgan fingerprint density at radius 1 is 1.22 bits per heavy atom. The maximum absolute atomic E-state index is 13.2. The quantitative estimate of drug-likeness (QED) is 0.662. The van der Waals surface area contributed by atoms with E-state index in [1.165, 1.54) is 6.08 Å². The minimum Gasteiger partial charge on any atom is -0.367 e. The summed E-state index contributed by atoms with van der Waals surface area (Å²) in [5, 5.41) is 0. The van der Waals surface area contributed by atoms with E-state index in [-0.39, 0.29) is 13.0 Å². The largest absolute Gasteiger partial charge is 0.367 e. The van der Waals surface area contributed by atoms with Gasteiger partial charge in [0.2, 0.25) is 0 Å². The number of ether oxygens (including phenoxy) is 1. The molecule has 1 rings (SSSR count). The fourth-order valence-electron chi connectivity index (χ4n) is 1.53. The SMILES string of the molecule is C=CCOC(CCc1ccccc1)C(F)=C(F)F. The molecule has 1 nitrogen and oxygen atoms in total. The Labute approximate surface area is 105 Å².